The third-order valence-corrected chi connectivity index (χ3v) is 7.40. The molecule has 1 atom stereocenters. The Morgan fingerprint density at radius 3 is 2.51 bits per heavy atom. The van der Waals surface area contributed by atoms with Crippen molar-refractivity contribution in [2.24, 2.45) is 16.0 Å². The number of oxime groups is 1. The lowest BCUT2D eigenvalue weighted by Gasteiger charge is -2.25. The fourth-order valence-corrected chi connectivity index (χ4v) is 5.10. The first kappa shape index (κ1) is 27.5. The normalized spacial score (nSPS) is 16.7. The van der Waals surface area contributed by atoms with Crippen LogP contribution in [0.5, 0.6) is 0 Å². The van der Waals surface area contributed by atoms with Crippen LogP contribution < -0.4 is 16.2 Å². The average Bonchev–Trinajstić information content (AvgIpc) is 3.34. The molecule has 1 unspecified atom stereocenters. The number of hydrogen-bond donors (Lipinski definition) is 5. The van der Waals surface area contributed by atoms with Gasteiger partial charge in [-0.05, 0) is 42.3 Å². The maximum Gasteiger partial charge on any atom is 0.303 e. The average molecular weight is 550 g/mol. The van der Waals surface area contributed by atoms with Crippen LogP contribution in [0.25, 0.3) is 11.1 Å². The molecule has 0 aromatic heterocycles. The van der Waals surface area contributed by atoms with Gasteiger partial charge in [-0.15, -0.1) is 0 Å². The number of primary sulfonamides is 1. The molecule has 0 aliphatic carbocycles. The lowest BCUT2D eigenvalue weighted by molar-refractivity contribution is -0.144. The highest BCUT2D eigenvalue weighted by Gasteiger charge is 2.47. The Hall–Kier alpha value is -4.55. The van der Waals surface area contributed by atoms with Crippen molar-refractivity contribution in [1.82, 2.24) is 0 Å². The standard InChI is InChI=1S/C27H27N5O6S/c1-16-13-17(20-7-2-3-8-23(20)39(30,36)37)9-10-21(16)31-26(35)27(12-11-24(33)34)15-22(32-38-27)18-5-4-6-19(14-18)25(28)29/h2-10,13-14H,11-12,15H2,1H3,(H3,28,29)(H,31,35)(H,33,34)(H2,30,36,37). The molecule has 4 rings (SSSR count). The van der Waals surface area contributed by atoms with E-state index in [1.54, 1.807) is 67.6 Å². The van der Waals surface area contributed by atoms with Crippen molar-refractivity contribution >= 4 is 39.1 Å². The molecule has 0 fully saturated rings. The van der Waals surface area contributed by atoms with Crippen LogP contribution in [0.4, 0.5) is 5.69 Å². The molecule has 0 saturated heterocycles. The molecular weight excluding hydrogens is 522 g/mol. The number of nitrogens with two attached hydrogens (primary N) is 2. The largest absolute Gasteiger partial charge is 0.481 e. The maximum atomic E-state index is 13.5. The van der Waals surface area contributed by atoms with E-state index >= 15 is 0 Å². The smallest absolute Gasteiger partial charge is 0.303 e. The van der Waals surface area contributed by atoms with Crippen molar-refractivity contribution in [3.63, 3.8) is 0 Å². The highest BCUT2D eigenvalue weighted by atomic mass is 32.2. The van der Waals surface area contributed by atoms with Gasteiger partial charge in [-0.25, -0.2) is 13.6 Å². The number of rotatable bonds is 9. The predicted octanol–water partition coefficient (Wildman–Crippen LogP) is 2.96. The number of aliphatic carboxylic acids is 1. The number of nitrogens with one attached hydrogen (secondary N) is 2. The monoisotopic (exact) mass is 549 g/mol. The summed E-state index contributed by atoms with van der Waals surface area (Å²) in [6.45, 7) is 1.74. The number of carbonyl (C=O) groups is 2. The van der Waals surface area contributed by atoms with E-state index in [0.717, 1.165) is 0 Å². The van der Waals surface area contributed by atoms with E-state index in [2.05, 4.69) is 10.5 Å². The Morgan fingerprint density at radius 2 is 1.85 bits per heavy atom. The van der Waals surface area contributed by atoms with Gasteiger partial charge >= 0.3 is 5.97 Å². The van der Waals surface area contributed by atoms with Crippen LogP contribution in [0.3, 0.4) is 0 Å². The topological polar surface area (TPSA) is 198 Å². The van der Waals surface area contributed by atoms with E-state index in [0.29, 0.717) is 39.2 Å². The number of hydrogen-bond acceptors (Lipinski definition) is 7. The summed E-state index contributed by atoms with van der Waals surface area (Å²) in [6.07, 6.45) is -0.454. The minimum Gasteiger partial charge on any atom is -0.481 e. The molecule has 12 heteroatoms. The third-order valence-electron chi connectivity index (χ3n) is 6.43. The van der Waals surface area contributed by atoms with Gasteiger partial charge in [0.1, 0.15) is 5.84 Å². The van der Waals surface area contributed by atoms with Gasteiger partial charge in [0.2, 0.25) is 15.6 Å². The van der Waals surface area contributed by atoms with Gasteiger partial charge in [0.05, 0.1) is 10.6 Å². The van der Waals surface area contributed by atoms with E-state index in [9.17, 15) is 23.1 Å². The van der Waals surface area contributed by atoms with Crippen LogP contribution in [-0.4, -0.2) is 42.5 Å². The Kier molecular flexibility index (Phi) is 7.52. The zero-order valence-corrected chi connectivity index (χ0v) is 21.8. The van der Waals surface area contributed by atoms with E-state index in [4.69, 9.17) is 21.1 Å². The molecule has 0 radical (unpaired) electrons. The van der Waals surface area contributed by atoms with Gasteiger partial charge in [-0.3, -0.25) is 15.0 Å². The second-order valence-electron chi connectivity index (χ2n) is 9.21. The van der Waals surface area contributed by atoms with Crippen molar-refractivity contribution in [3.05, 3.63) is 83.4 Å². The Bertz CT molecular complexity index is 1620. The summed E-state index contributed by atoms with van der Waals surface area (Å²) in [5.74, 6) is -1.80. The van der Waals surface area contributed by atoms with Crippen LogP contribution in [0, 0.1) is 12.3 Å². The number of amides is 1. The molecule has 1 aliphatic rings. The van der Waals surface area contributed by atoms with Crippen LogP contribution in [0.2, 0.25) is 0 Å². The van der Waals surface area contributed by atoms with E-state index in [-0.39, 0.29) is 30.0 Å². The highest BCUT2D eigenvalue weighted by Crippen LogP contribution is 2.34. The van der Waals surface area contributed by atoms with Gasteiger partial charge in [-0.1, -0.05) is 47.6 Å². The number of benzene rings is 3. The number of carbonyl (C=O) groups excluding carboxylic acids is 1. The molecule has 1 aliphatic heterocycles. The van der Waals surface area contributed by atoms with E-state index < -0.39 is 27.5 Å². The SMILES string of the molecule is Cc1cc(-c2ccccc2S(N)(=O)=O)ccc1NC(=O)C1(CCC(=O)O)CC(c2cccc(C(=N)N)c2)=NO1. The first-order valence-corrected chi connectivity index (χ1v) is 13.4. The lowest BCUT2D eigenvalue weighted by atomic mass is 9.88. The zero-order chi connectivity index (χ0) is 28.4. The number of anilines is 1. The molecule has 3 aromatic carbocycles. The highest BCUT2D eigenvalue weighted by molar-refractivity contribution is 7.89. The van der Waals surface area contributed by atoms with Gasteiger partial charge < -0.3 is 21.0 Å². The van der Waals surface area contributed by atoms with Crippen LogP contribution in [0.1, 0.15) is 36.0 Å². The Balaban J connectivity index is 1.60. The first-order valence-electron chi connectivity index (χ1n) is 11.9. The molecule has 11 nitrogen and oxygen atoms in total. The van der Waals surface area contributed by atoms with E-state index in [1.807, 2.05) is 0 Å². The summed E-state index contributed by atoms with van der Waals surface area (Å²) < 4.78 is 24.1. The number of nitrogen functional groups attached to an aromatic ring is 1. The molecule has 7 N–H and O–H groups in total. The van der Waals surface area contributed by atoms with Gasteiger partial charge in [0, 0.05) is 41.6 Å². The molecule has 3 aromatic rings. The first-order chi connectivity index (χ1) is 18.4. The second-order valence-corrected chi connectivity index (χ2v) is 10.7. The van der Waals surface area contributed by atoms with Crippen molar-refractivity contribution in [3.8, 4) is 11.1 Å². The predicted molar refractivity (Wildman–Crippen MR) is 146 cm³/mol. The summed E-state index contributed by atoms with van der Waals surface area (Å²) in [5, 5.41) is 29.2. The summed E-state index contributed by atoms with van der Waals surface area (Å²) in [7, 11) is -3.96. The minimum absolute atomic E-state index is 0.00629. The lowest BCUT2D eigenvalue weighted by Crippen LogP contribution is -2.44. The molecule has 0 spiro atoms. The number of nitrogens with zero attached hydrogens (tertiary/aromatic N) is 1. The summed E-state index contributed by atoms with van der Waals surface area (Å²) in [6, 6.07) is 18.1. The summed E-state index contributed by atoms with van der Waals surface area (Å²) in [5.41, 5.74) is 7.58. The maximum absolute atomic E-state index is 13.5. The van der Waals surface area contributed by atoms with Crippen LogP contribution >= 0.6 is 0 Å². The zero-order valence-electron chi connectivity index (χ0n) is 21.0. The minimum atomic E-state index is -3.96. The third kappa shape index (κ3) is 5.97. The van der Waals surface area contributed by atoms with Gasteiger partial charge in [0.15, 0.2) is 0 Å². The van der Waals surface area contributed by atoms with Gasteiger partial charge in [0.25, 0.3) is 5.91 Å². The number of sulfonamides is 1. The molecule has 1 heterocycles. The van der Waals surface area contributed by atoms with Crippen molar-refractivity contribution in [2.45, 2.75) is 36.7 Å². The molecule has 202 valence electrons. The number of carboxylic acid groups (broad SMARTS) is 1. The summed E-state index contributed by atoms with van der Waals surface area (Å²) in [4.78, 5) is 30.5. The van der Waals surface area contributed by atoms with Crippen molar-refractivity contribution in [2.75, 3.05) is 5.32 Å². The fraction of sp³-hybridized carbons (Fsp3) is 0.185. The van der Waals surface area contributed by atoms with E-state index in [1.165, 1.54) is 6.07 Å². The Morgan fingerprint density at radius 1 is 1.10 bits per heavy atom. The van der Waals surface area contributed by atoms with Crippen LogP contribution in [0.15, 0.2) is 76.8 Å². The quantitative estimate of drug-likeness (QED) is 0.199. The fourth-order valence-electron chi connectivity index (χ4n) is 4.34. The molecule has 0 saturated carbocycles. The number of carboxylic acids is 1. The van der Waals surface area contributed by atoms with Gasteiger partial charge in [-0.2, -0.15) is 0 Å². The second kappa shape index (κ2) is 10.7. The summed E-state index contributed by atoms with van der Waals surface area (Å²) >= 11 is 0. The molecule has 0 bridgehead atoms. The molecule has 39 heavy (non-hydrogen) atoms. The number of aryl methyl sites for hydroxylation is 1. The van der Waals surface area contributed by atoms with Crippen molar-refractivity contribution in [1.29, 1.82) is 5.41 Å². The van der Waals surface area contributed by atoms with Crippen LogP contribution in [-0.2, 0) is 24.4 Å². The number of amidine groups is 1. The molecule has 1 amide bonds. The van der Waals surface area contributed by atoms with Crippen molar-refractivity contribution < 1.29 is 28.0 Å². The Labute approximate surface area is 225 Å². The molecular formula is C27H27N5O6S.